The molecule has 3 N–H and O–H groups in total. The van der Waals surface area contributed by atoms with Crippen LogP contribution in [-0.2, 0) is 0 Å². The lowest BCUT2D eigenvalue weighted by Gasteiger charge is -2.43. The van der Waals surface area contributed by atoms with Gasteiger partial charge in [0.2, 0.25) is 0 Å². The van der Waals surface area contributed by atoms with Gasteiger partial charge < -0.3 is 19.9 Å². The zero-order chi connectivity index (χ0) is 17.1. The molecule has 0 fully saturated rings. The number of imidazole rings is 1. The van der Waals surface area contributed by atoms with Gasteiger partial charge in [-0.2, -0.15) is 0 Å². The Morgan fingerprint density at radius 2 is 1.88 bits per heavy atom. The first-order chi connectivity index (χ1) is 11.4. The molecule has 0 unspecified atom stereocenters. The predicted octanol–water partition coefficient (Wildman–Crippen LogP) is 2.90. The fourth-order valence-electron chi connectivity index (χ4n) is 3.56. The standard InChI is InChI=1S/C19H21N3O2/c1-11-12(2)22-10-9-14-15(18(22)20-11)21-16(19(3,24)17(14)23)13-7-5-4-6-8-13/h4-10,16-17,21,23-24H,1-3H3/t16-,17-,19-/m1/s1. The van der Waals surface area contributed by atoms with Crippen LogP contribution in [0.5, 0.6) is 0 Å². The number of aryl methyl sites for hydroxylation is 2. The number of hydrogen-bond acceptors (Lipinski definition) is 4. The topological polar surface area (TPSA) is 69.8 Å². The molecule has 0 saturated heterocycles. The number of nitrogens with one attached hydrogen (secondary N) is 1. The van der Waals surface area contributed by atoms with Gasteiger partial charge in [0.25, 0.3) is 0 Å². The molecule has 0 amide bonds. The summed E-state index contributed by atoms with van der Waals surface area (Å²) < 4.78 is 2.01. The Morgan fingerprint density at radius 1 is 1.17 bits per heavy atom. The number of benzene rings is 1. The molecule has 3 heterocycles. The SMILES string of the molecule is Cc1nc2c3c(ccn2c1C)[C@@H](O)[C@](C)(O)[C@@H](c1ccccc1)N3. The molecule has 5 heteroatoms. The van der Waals surface area contributed by atoms with Gasteiger partial charge in [0.1, 0.15) is 11.7 Å². The number of hydrogen-bond donors (Lipinski definition) is 3. The molecule has 0 spiro atoms. The van der Waals surface area contributed by atoms with Crippen molar-refractivity contribution in [3.8, 4) is 0 Å². The van der Waals surface area contributed by atoms with Crippen LogP contribution in [-0.4, -0.2) is 25.2 Å². The van der Waals surface area contributed by atoms with Gasteiger partial charge in [0.05, 0.1) is 17.4 Å². The molecule has 0 aliphatic carbocycles. The molecular formula is C19H21N3O2. The zero-order valence-electron chi connectivity index (χ0n) is 14.0. The number of aromatic nitrogens is 2. The van der Waals surface area contributed by atoms with Crippen molar-refractivity contribution in [3.63, 3.8) is 0 Å². The van der Waals surface area contributed by atoms with Gasteiger partial charge >= 0.3 is 0 Å². The Bertz CT molecular complexity index is 915. The third kappa shape index (κ3) is 1.98. The molecule has 1 aromatic carbocycles. The van der Waals surface area contributed by atoms with Crippen LogP contribution in [0.4, 0.5) is 5.69 Å². The van der Waals surface area contributed by atoms with Gasteiger partial charge in [-0.25, -0.2) is 4.98 Å². The smallest absolute Gasteiger partial charge is 0.161 e. The molecule has 124 valence electrons. The summed E-state index contributed by atoms with van der Waals surface area (Å²) in [7, 11) is 0. The van der Waals surface area contributed by atoms with Crippen molar-refractivity contribution in [2.45, 2.75) is 38.5 Å². The second kappa shape index (κ2) is 5.06. The summed E-state index contributed by atoms with van der Waals surface area (Å²) in [5, 5.41) is 25.2. The van der Waals surface area contributed by atoms with Gasteiger partial charge in [-0.3, -0.25) is 0 Å². The third-order valence-electron chi connectivity index (χ3n) is 5.16. The summed E-state index contributed by atoms with van der Waals surface area (Å²) >= 11 is 0. The number of anilines is 1. The number of aliphatic hydroxyl groups excluding tert-OH is 1. The highest BCUT2D eigenvalue weighted by Crippen LogP contribution is 2.47. The number of aliphatic hydroxyl groups is 2. The number of nitrogens with zero attached hydrogens (tertiary/aromatic N) is 2. The minimum atomic E-state index is -1.33. The van der Waals surface area contributed by atoms with Gasteiger partial charge in [-0.05, 0) is 32.4 Å². The van der Waals surface area contributed by atoms with E-state index >= 15 is 0 Å². The summed E-state index contributed by atoms with van der Waals surface area (Å²) in [5.41, 5.74) is 3.84. The number of fused-ring (bicyclic) bond motifs is 3. The first kappa shape index (κ1) is 15.2. The first-order valence-corrected chi connectivity index (χ1v) is 8.11. The highest BCUT2D eigenvalue weighted by atomic mass is 16.3. The minimum absolute atomic E-state index is 0.426. The van der Waals surface area contributed by atoms with E-state index in [4.69, 9.17) is 0 Å². The molecule has 3 atom stereocenters. The van der Waals surface area contributed by atoms with Gasteiger partial charge in [0, 0.05) is 17.5 Å². The van der Waals surface area contributed by atoms with Crippen LogP contribution in [0.1, 0.15) is 41.6 Å². The van der Waals surface area contributed by atoms with E-state index in [9.17, 15) is 10.2 Å². The Labute approximate surface area is 140 Å². The van der Waals surface area contributed by atoms with Gasteiger partial charge in [-0.15, -0.1) is 0 Å². The van der Waals surface area contributed by atoms with Gasteiger partial charge in [-0.1, -0.05) is 30.3 Å². The van der Waals surface area contributed by atoms with Crippen molar-refractivity contribution in [2.24, 2.45) is 0 Å². The van der Waals surface area contributed by atoms with Crippen LogP contribution in [0.3, 0.4) is 0 Å². The zero-order valence-corrected chi connectivity index (χ0v) is 14.0. The van der Waals surface area contributed by atoms with E-state index in [-0.39, 0.29) is 0 Å². The maximum Gasteiger partial charge on any atom is 0.161 e. The number of rotatable bonds is 1. The lowest BCUT2D eigenvalue weighted by molar-refractivity contribution is -0.0810. The first-order valence-electron chi connectivity index (χ1n) is 8.11. The molecule has 5 nitrogen and oxygen atoms in total. The van der Waals surface area contributed by atoms with Crippen LogP contribution < -0.4 is 5.32 Å². The van der Waals surface area contributed by atoms with Crippen molar-refractivity contribution in [2.75, 3.05) is 5.32 Å². The van der Waals surface area contributed by atoms with E-state index < -0.39 is 17.7 Å². The second-order valence-corrected chi connectivity index (χ2v) is 6.74. The fourth-order valence-corrected chi connectivity index (χ4v) is 3.56. The molecule has 3 aromatic rings. The van der Waals surface area contributed by atoms with Crippen LogP contribution in [0.2, 0.25) is 0 Å². The average Bonchev–Trinajstić information content (AvgIpc) is 2.86. The Hall–Kier alpha value is -2.37. The summed E-state index contributed by atoms with van der Waals surface area (Å²) in [6.45, 7) is 5.65. The van der Waals surface area contributed by atoms with E-state index in [0.717, 1.165) is 28.3 Å². The molecule has 1 aliphatic heterocycles. The molecule has 0 radical (unpaired) electrons. The van der Waals surface area contributed by atoms with Crippen molar-refractivity contribution >= 4 is 11.3 Å². The second-order valence-electron chi connectivity index (χ2n) is 6.74. The van der Waals surface area contributed by atoms with Crippen LogP contribution >= 0.6 is 0 Å². The van der Waals surface area contributed by atoms with Crippen molar-refractivity contribution in [1.29, 1.82) is 0 Å². The molecule has 0 bridgehead atoms. The Morgan fingerprint density at radius 3 is 2.58 bits per heavy atom. The van der Waals surface area contributed by atoms with E-state index in [1.165, 1.54) is 0 Å². The third-order valence-corrected chi connectivity index (χ3v) is 5.16. The normalized spacial score (nSPS) is 26.2. The highest BCUT2D eigenvalue weighted by Gasteiger charge is 2.46. The molecule has 4 rings (SSSR count). The lowest BCUT2D eigenvalue weighted by atomic mass is 9.79. The largest absolute Gasteiger partial charge is 0.385 e. The predicted molar refractivity (Wildman–Crippen MR) is 93.1 cm³/mol. The summed E-state index contributed by atoms with van der Waals surface area (Å²) in [4.78, 5) is 4.64. The van der Waals surface area contributed by atoms with E-state index in [2.05, 4.69) is 10.3 Å². The minimum Gasteiger partial charge on any atom is -0.385 e. The average molecular weight is 323 g/mol. The lowest BCUT2D eigenvalue weighted by Crippen LogP contribution is -2.46. The molecule has 1 aliphatic rings. The Balaban J connectivity index is 1.94. The van der Waals surface area contributed by atoms with Crippen molar-refractivity contribution in [1.82, 2.24) is 9.38 Å². The maximum atomic E-state index is 11.0. The van der Waals surface area contributed by atoms with Gasteiger partial charge in [0.15, 0.2) is 5.65 Å². The maximum absolute atomic E-state index is 11.0. The monoisotopic (exact) mass is 323 g/mol. The highest BCUT2D eigenvalue weighted by molar-refractivity contribution is 5.75. The summed E-state index contributed by atoms with van der Waals surface area (Å²) in [6, 6.07) is 11.1. The molecular weight excluding hydrogens is 302 g/mol. The molecule has 24 heavy (non-hydrogen) atoms. The molecule has 2 aromatic heterocycles. The quantitative estimate of drug-likeness (QED) is 0.644. The van der Waals surface area contributed by atoms with E-state index in [0.29, 0.717) is 5.56 Å². The summed E-state index contributed by atoms with van der Waals surface area (Å²) in [6.07, 6.45) is 0.897. The van der Waals surface area contributed by atoms with Crippen molar-refractivity contribution < 1.29 is 10.2 Å². The van der Waals surface area contributed by atoms with Crippen LogP contribution in [0, 0.1) is 13.8 Å². The van der Waals surface area contributed by atoms with E-state index in [1.807, 2.05) is 60.8 Å². The summed E-state index contributed by atoms with van der Waals surface area (Å²) in [5.74, 6) is 0. The number of pyridine rings is 1. The molecule has 0 saturated carbocycles. The van der Waals surface area contributed by atoms with E-state index in [1.54, 1.807) is 6.92 Å². The Kier molecular flexibility index (Phi) is 3.20. The van der Waals surface area contributed by atoms with Crippen molar-refractivity contribution in [3.05, 3.63) is 65.1 Å². The fraction of sp³-hybridized carbons (Fsp3) is 0.316. The van der Waals surface area contributed by atoms with Crippen LogP contribution in [0.15, 0.2) is 42.6 Å². The van der Waals surface area contributed by atoms with Crippen LogP contribution in [0.25, 0.3) is 5.65 Å².